The normalized spacial score (nSPS) is 11.4. The number of amides is 1. The van der Waals surface area contributed by atoms with Gasteiger partial charge in [-0.15, -0.1) is 0 Å². The molecule has 0 fully saturated rings. The predicted octanol–water partition coefficient (Wildman–Crippen LogP) is 3.71. The van der Waals surface area contributed by atoms with Gasteiger partial charge < -0.3 is 5.32 Å². The summed E-state index contributed by atoms with van der Waals surface area (Å²) in [6.45, 7) is 0. The number of hydrogen-bond donors (Lipinski definition) is 1. The van der Waals surface area contributed by atoms with E-state index >= 15 is 0 Å². The topological polar surface area (TPSA) is 76.1 Å². The molecule has 0 aliphatic carbocycles. The molecule has 1 N–H and O–H groups in total. The van der Waals surface area contributed by atoms with Crippen LogP contribution < -0.4 is 5.32 Å². The number of nitrogens with one attached hydrogen (secondary N) is 1. The first-order valence-corrected chi connectivity index (χ1v) is 9.43. The number of pyridine rings is 1. The Morgan fingerprint density at radius 2 is 1.78 bits per heavy atom. The highest BCUT2D eigenvalue weighted by Gasteiger charge is 2.18. The Balaban J connectivity index is 1.72. The number of sulfone groups is 1. The monoisotopic (exact) mass is 382 g/mol. The highest BCUT2D eigenvalue weighted by atomic mass is 32.2. The molecular formula is C20H15FN2O3S. The molecule has 1 heterocycles. The Labute approximate surface area is 156 Å². The van der Waals surface area contributed by atoms with E-state index in [-0.39, 0.29) is 15.7 Å². The molecule has 1 amide bonds. The van der Waals surface area contributed by atoms with E-state index < -0.39 is 15.7 Å². The van der Waals surface area contributed by atoms with E-state index in [1.165, 1.54) is 48.5 Å². The first kappa shape index (κ1) is 18.5. The molecule has 0 bridgehead atoms. The number of carbonyl (C=O) groups excluding carboxylic acids is 1. The van der Waals surface area contributed by atoms with Crippen LogP contribution in [0.1, 0.15) is 5.56 Å². The molecule has 0 saturated carbocycles. The minimum absolute atomic E-state index is 0.0111. The molecule has 5 nitrogen and oxygen atoms in total. The SMILES string of the molecule is O=C(/C=C/c1cccnc1)Nc1ccc(S(=O)(=O)c2cccc(F)c2)cc1. The highest BCUT2D eigenvalue weighted by Crippen LogP contribution is 2.22. The molecule has 0 radical (unpaired) electrons. The van der Waals surface area contributed by atoms with E-state index in [1.807, 2.05) is 6.07 Å². The third-order valence-electron chi connectivity index (χ3n) is 3.65. The first-order valence-electron chi connectivity index (χ1n) is 7.95. The lowest BCUT2D eigenvalue weighted by atomic mass is 10.2. The summed E-state index contributed by atoms with van der Waals surface area (Å²) < 4.78 is 38.3. The second kappa shape index (κ2) is 7.92. The van der Waals surface area contributed by atoms with Crippen LogP contribution in [0.5, 0.6) is 0 Å². The van der Waals surface area contributed by atoms with Crippen molar-refractivity contribution in [3.63, 3.8) is 0 Å². The molecule has 0 unspecified atom stereocenters. The molecule has 136 valence electrons. The molecule has 2 aromatic carbocycles. The summed E-state index contributed by atoms with van der Waals surface area (Å²) >= 11 is 0. The standard InChI is InChI=1S/C20H15FN2O3S/c21-16-4-1-5-19(13-16)27(25,26)18-9-7-17(8-10-18)23-20(24)11-6-15-3-2-12-22-14-15/h1-14H,(H,23,24)/b11-6+. The van der Waals surface area contributed by atoms with Crippen LogP contribution in [0.2, 0.25) is 0 Å². The quantitative estimate of drug-likeness (QED) is 0.683. The van der Waals surface area contributed by atoms with Crippen molar-refractivity contribution in [3.05, 3.63) is 90.5 Å². The van der Waals surface area contributed by atoms with Gasteiger partial charge in [-0.25, -0.2) is 12.8 Å². The number of benzene rings is 2. The van der Waals surface area contributed by atoms with Crippen molar-refractivity contribution in [1.82, 2.24) is 4.98 Å². The molecule has 3 rings (SSSR count). The largest absolute Gasteiger partial charge is 0.323 e. The Kier molecular flexibility index (Phi) is 5.42. The molecule has 0 aliphatic rings. The van der Waals surface area contributed by atoms with E-state index in [1.54, 1.807) is 24.5 Å². The Hall–Kier alpha value is -3.32. The maximum Gasteiger partial charge on any atom is 0.248 e. The van der Waals surface area contributed by atoms with E-state index in [0.29, 0.717) is 5.69 Å². The molecule has 0 atom stereocenters. The summed E-state index contributed by atoms with van der Waals surface area (Å²) in [4.78, 5) is 15.8. The Morgan fingerprint density at radius 3 is 2.44 bits per heavy atom. The van der Waals surface area contributed by atoms with Crippen LogP contribution in [0.25, 0.3) is 6.08 Å². The lowest BCUT2D eigenvalue weighted by Gasteiger charge is -2.07. The molecule has 0 spiro atoms. The summed E-state index contributed by atoms with van der Waals surface area (Å²) in [6, 6.07) is 14.1. The van der Waals surface area contributed by atoms with Crippen molar-refractivity contribution in [2.24, 2.45) is 0 Å². The zero-order valence-corrected chi connectivity index (χ0v) is 14.9. The lowest BCUT2D eigenvalue weighted by Crippen LogP contribution is -2.08. The van der Waals surface area contributed by atoms with Crippen molar-refractivity contribution in [2.75, 3.05) is 5.32 Å². The van der Waals surface area contributed by atoms with Gasteiger partial charge in [-0.3, -0.25) is 9.78 Å². The van der Waals surface area contributed by atoms with Gasteiger partial charge in [0.05, 0.1) is 9.79 Å². The lowest BCUT2D eigenvalue weighted by molar-refractivity contribution is -0.111. The molecule has 0 aliphatic heterocycles. The summed E-state index contributed by atoms with van der Waals surface area (Å²) in [5.74, 6) is -0.986. The number of nitrogens with zero attached hydrogens (tertiary/aromatic N) is 1. The van der Waals surface area contributed by atoms with Gasteiger partial charge in [0.1, 0.15) is 5.82 Å². The zero-order chi connectivity index (χ0) is 19.3. The van der Waals surface area contributed by atoms with Crippen LogP contribution in [-0.4, -0.2) is 19.3 Å². The van der Waals surface area contributed by atoms with E-state index in [4.69, 9.17) is 0 Å². The fourth-order valence-electron chi connectivity index (χ4n) is 2.32. The molecule has 0 saturated heterocycles. The van der Waals surface area contributed by atoms with Gasteiger partial charge in [0, 0.05) is 24.2 Å². The third kappa shape index (κ3) is 4.65. The van der Waals surface area contributed by atoms with Gasteiger partial charge in [-0.05, 0) is 60.2 Å². The average molecular weight is 382 g/mol. The fraction of sp³-hybridized carbons (Fsp3) is 0. The van der Waals surface area contributed by atoms with Crippen molar-refractivity contribution < 1.29 is 17.6 Å². The molecular weight excluding hydrogens is 367 g/mol. The smallest absolute Gasteiger partial charge is 0.248 e. The van der Waals surface area contributed by atoms with Crippen molar-refractivity contribution in [3.8, 4) is 0 Å². The van der Waals surface area contributed by atoms with Crippen LogP contribution in [0.15, 0.2) is 88.9 Å². The van der Waals surface area contributed by atoms with Gasteiger partial charge in [-0.2, -0.15) is 0 Å². The van der Waals surface area contributed by atoms with E-state index in [2.05, 4.69) is 10.3 Å². The number of anilines is 1. The predicted molar refractivity (Wildman–Crippen MR) is 100 cm³/mol. The third-order valence-corrected chi connectivity index (χ3v) is 5.42. The summed E-state index contributed by atoms with van der Waals surface area (Å²) in [5.41, 5.74) is 1.22. The Bertz CT molecular complexity index is 1080. The van der Waals surface area contributed by atoms with Crippen molar-refractivity contribution in [1.29, 1.82) is 0 Å². The second-order valence-electron chi connectivity index (χ2n) is 5.59. The van der Waals surface area contributed by atoms with Crippen molar-refractivity contribution >= 4 is 27.5 Å². The van der Waals surface area contributed by atoms with E-state index in [0.717, 1.165) is 11.6 Å². The number of aromatic nitrogens is 1. The molecule has 27 heavy (non-hydrogen) atoms. The van der Waals surface area contributed by atoms with Gasteiger partial charge in [0.2, 0.25) is 15.7 Å². The summed E-state index contributed by atoms with van der Waals surface area (Å²) in [7, 11) is -3.83. The van der Waals surface area contributed by atoms with Crippen LogP contribution in [0, 0.1) is 5.82 Å². The number of rotatable bonds is 5. The summed E-state index contributed by atoms with van der Waals surface area (Å²) in [6.07, 6.45) is 6.23. The summed E-state index contributed by atoms with van der Waals surface area (Å²) in [5, 5.41) is 2.64. The van der Waals surface area contributed by atoms with Gasteiger partial charge in [0.25, 0.3) is 0 Å². The van der Waals surface area contributed by atoms with Crippen LogP contribution in [0.4, 0.5) is 10.1 Å². The molecule has 3 aromatic rings. The second-order valence-corrected chi connectivity index (χ2v) is 7.54. The maximum atomic E-state index is 13.3. The molecule has 7 heteroatoms. The van der Waals surface area contributed by atoms with Crippen LogP contribution in [-0.2, 0) is 14.6 Å². The number of halogens is 1. The average Bonchev–Trinajstić information content (AvgIpc) is 2.68. The number of carbonyl (C=O) groups is 1. The van der Waals surface area contributed by atoms with Crippen LogP contribution in [0.3, 0.4) is 0 Å². The highest BCUT2D eigenvalue weighted by molar-refractivity contribution is 7.91. The zero-order valence-electron chi connectivity index (χ0n) is 14.0. The minimum atomic E-state index is -3.83. The van der Waals surface area contributed by atoms with Crippen LogP contribution >= 0.6 is 0 Å². The minimum Gasteiger partial charge on any atom is -0.323 e. The fourth-order valence-corrected chi connectivity index (χ4v) is 3.61. The number of hydrogen-bond acceptors (Lipinski definition) is 4. The molecule has 1 aromatic heterocycles. The van der Waals surface area contributed by atoms with Gasteiger partial charge in [-0.1, -0.05) is 12.1 Å². The van der Waals surface area contributed by atoms with E-state index in [9.17, 15) is 17.6 Å². The first-order chi connectivity index (χ1) is 12.9. The van der Waals surface area contributed by atoms with Gasteiger partial charge in [0.15, 0.2) is 0 Å². The Morgan fingerprint density at radius 1 is 1.00 bits per heavy atom. The maximum absolute atomic E-state index is 13.3. The van der Waals surface area contributed by atoms with Crippen molar-refractivity contribution in [2.45, 2.75) is 9.79 Å². The van der Waals surface area contributed by atoms with Gasteiger partial charge >= 0.3 is 0 Å².